The molecule has 2 amide bonds. The number of aryl methyl sites for hydroxylation is 2. The Kier molecular flexibility index (Phi) is 18.6. The number of aliphatic carboxylic acids is 1. The summed E-state index contributed by atoms with van der Waals surface area (Å²) in [6, 6.07) is 43.7. The number of carbonyl (C=O) groups excluding carboxylic acids is 3. The van der Waals surface area contributed by atoms with E-state index in [-0.39, 0.29) is 47.9 Å². The summed E-state index contributed by atoms with van der Waals surface area (Å²) in [6.45, 7) is 13.5. The van der Waals surface area contributed by atoms with Crippen LogP contribution in [0.3, 0.4) is 0 Å². The first kappa shape index (κ1) is 58.0. The Bertz CT molecular complexity index is 3530. The Labute approximate surface area is 477 Å². The van der Waals surface area contributed by atoms with Crippen molar-refractivity contribution in [2.75, 3.05) is 49.1 Å². The monoisotopic (exact) mass is 1110 g/mol. The maximum absolute atomic E-state index is 13.7. The van der Waals surface area contributed by atoms with Gasteiger partial charge in [-0.05, 0) is 158 Å². The lowest BCUT2D eigenvalue weighted by molar-refractivity contribution is -0.155. The number of rotatable bonds is 16. The summed E-state index contributed by atoms with van der Waals surface area (Å²) in [4.78, 5) is 78.2. The van der Waals surface area contributed by atoms with Crippen LogP contribution in [-0.2, 0) is 27.2 Å². The number of esters is 1. The normalized spacial score (nSPS) is 15.5. The molecule has 2 fully saturated rings. The number of carboxylic acids is 1. The van der Waals surface area contributed by atoms with Gasteiger partial charge in [0, 0.05) is 97.8 Å². The van der Waals surface area contributed by atoms with E-state index in [0.29, 0.717) is 105 Å². The molecule has 2 aliphatic rings. The number of piperazine rings is 2. The zero-order valence-corrected chi connectivity index (χ0v) is 47.2. The summed E-state index contributed by atoms with van der Waals surface area (Å²) in [7, 11) is 0. The minimum atomic E-state index is -0.807. The molecule has 16 heteroatoms. The van der Waals surface area contributed by atoms with E-state index in [1.165, 1.54) is 24.3 Å². The summed E-state index contributed by atoms with van der Waals surface area (Å²) in [5.74, 6) is -1.62. The van der Waals surface area contributed by atoms with Crippen LogP contribution in [-0.4, -0.2) is 116 Å². The molecule has 0 saturated carbocycles. The molecule has 14 nitrogen and oxygen atoms in total. The smallest absolute Gasteiger partial charge is 0.306 e. The summed E-state index contributed by atoms with van der Waals surface area (Å²) >= 11 is 0. The van der Waals surface area contributed by atoms with Crippen LogP contribution in [0.15, 0.2) is 146 Å². The number of nitrogens with zero attached hydrogens (tertiary/aromatic N) is 8. The van der Waals surface area contributed by atoms with Crippen molar-refractivity contribution in [3.8, 4) is 22.5 Å². The van der Waals surface area contributed by atoms with Gasteiger partial charge in [-0.2, -0.15) is 0 Å². The topological polar surface area (TPSA) is 162 Å². The summed E-state index contributed by atoms with van der Waals surface area (Å²) < 4.78 is 32.2. The molecule has 0 unspecified atom stereocenters. The van der Waals surface area contributed by atoms with Gasteiger partial charge in [-0.3, -0.25) is 19.2 Å². The minimum Gasteiger partial charge on any atom is -0.481 e. The number of hydrogen-bond donors (Lipinski definition) is 1. The number of anilines is 2. The molecule has 4 heterocycles. The third-order valence-corrected chi connectivity index (χ3v) is 14.7. The summed E-state index contributed by atoms with van der Waals surface area (Å²) in [5, 5.41) is 9.00. The van der Waals surface area contributed by atoms with Crippen LogP contribution in [0.5, 0.6) is 0 Å². The van der Waals surface area contributed by atoms with E-state index in [2.05, 4.69) is 9.80 Å². The molecule has 6 aromatic carbocycles. The van der Waals surface area contributed by atoms with E-state index in [1.807, 2.05) is 129 Å². The molecule has 424 valence electrons. The predicted octanol–water partition coefficient (Wildman–Crippen LogP) is 12.4. The highest BCUT2D eigenvalue weighted by Gasteiger charge is 2.31. The first-order chi connectivity index (χ1) is 39.5. The third-order valence-electron chi connectivity index (χ3n) is 14.7. The number of benzene rings is 6. The van der Waals surface area contributed by atoms with Crippen molar-refractivity contribution in [1.29, 1.82) is 0 Å². The quantitative estimate of drug-likeness (QED) is 0.0721. The van der Waals surface area contributed by atoms with E-state index in [1.54, 1.807) is 36.4 Å². The van der Waals surface area contributed by atoms with Crippen molar-refractivity contribution < 1.29 is 37.8 Å². The van der Waals surface area contributed by atoms with Gasteiger partial charge in [-0.1, -0.05) is 60.7 Å². The van der Waals surface area contributed by atoms with Crippen LogP contribution in [0, 0.1) is 11.6 Å². The van der Waals surface area contributed by atoms with Gasteiger partial charge in [-0.25, -0.2) is 28.7 Å². The molecule has 2 aromatic heterocycles. The molecule has 1 N–H and O–H groups in total. The fourth-order valence-electron chi connectivity index (χ4n) is 10.6. The van der Waals surface area contributed by atoms with E-state index in [0.717, 1.165) is 57.2 Å². The second kappa shape index (κ2) is 26.3. The number of carboxylic acid groups (broad SMARTS) is 1. The molecule has 82 heavy (non-hydrogen) atoms. The van der Waals surface area contributed by atoms with Gasteiger partial charge in [0.1, 0.15) is 17.2 Å². The molecular formula is C66H70F2N8O6. The van der Waals surface area contributed by atoms with Crippen LogP contribution < -0.4 is 9.80 Å². The number of hydrogen-bond acceptors (Lipinski definition) is 11. The maximum Gasteiger partial charge on any atom is 0.306 e. The van der Waals surface area contributed by atoms with Gasteiger partial charge in [0.2, 0.25) is 0 Å². The Hall–Kier alpha value is -8.66. The fraction of sp³-hybridized carbons (Fsp3) is 0.333. The van der Waals surface area contributed by atoms with Gasteiger partial charge >= 0.3 is 11.9 Å². The van der Waals surface area contributed by atoms with Crippen LogP contribution in [0.25, 0.3) is 44.6 Å². The lowest BCUT2D eigenvalue weighted by Gasteiger charge is -2.41. The summed E-state index contributed by atoms with van der Waals surface area (Å²) in [5.41, 5.74) is 10.4. The number of halogens is 2. The molecule has 0 radical (unpaired) electrons. The van der Waals surface area contributed by atoms with E-state index < -0.39 is 11.6 Å². The molecule has 2 aliphatic heterocycles. The van der Waals surface area contributed by atoms with Crippen LogP contribution in [0.4, 0.5) is 20.2 Å². The van der Waals surface area contributed by atoms with E-state index >= 15 is 0 Å². The number of aromatic nitrogens is 4. The maximum atomic E-state index is 13.7. The van der Waals surface area contributed by atoms with E-state index in [4.69, 9.17) is 29.8 Å². The molecule has 10 rings (SSSR count). The Balaban J connectivity index is 0.000000198. The zero-order valence-electron chi connectivity index (χ0n) is 47.2. The SMILES string of the molecule is C[C@@H]1CN(c2ccc(F)cc2)CCN1C(=O)c1ccc2nc(-c3ccccc3)c(CCCCC(=O)O)nc2c1.C[C@@H]1CN(c2ccc(F)cc2)CCN1C(=O)c1ccc2nc(-c3ccccc3)c(CCCCC(=O)OC(C)(C)C)nc2c1. The molecule has 2 saturated heterocycles. The highest BCUT2D eigenvalue weighted by molar-refractivity contribution is 5.99. The van der Waals surface area contributed by atoms with Gasteiger partial charge in [0.05, 0.1) is 44.8 Å². The zero-order chi connectivity index (χ0) is 57.9. The number of ether oxygens (including phenoxy) is 1. The average molecular weight is 1110 g/mol. The first-order valence-corrected chi connectivity index (χ1v) is 28.2. The van der Waals surface area contributed by atoms with Gasteiger partial charge < -0.3 is 29.4 Å². The van der Waals surface area contributed by atoms with Crippen LogP contribution in [0.1, 0.15) is 105 Å². The van der Waals surface area contributed by atoms with Crippen LogP contribution >= 0.6 is 0 Å². The lowest BCUT2D eigenvalue weighted by atomic mass is 10.0. The molecule has 0 spiro atoms. The fourth-order valence-corrected chi connectivity index (χ4v) is 10.6. The van der Waals surface area contributed by atoms with Crippen molar-refractivity contribution in [3.05, 3.63) is 180 Å². The Morgan fingerprint density at radius 3 is 1.33 bits per heavy atom. The highest BCUT2D eigenvalue weighted by atomic mass is 19.1. The second-order valence-electron chi connectivity index (χ2n) is 22.1. The standard InChI is InChI=1S/C35H39FN4O3.C31H31FN4O3/c1-24-23-39(28-17-15-27(36)16-18-28)20-21-40(24)34(42)26-14-19-29-31(22-26)37-30(33(38-29)25-10-6-5-7-11-25)12-8-9-13-32(41)43-35(2,3)4;1-21-20-35(25-14-12-24(32)13-15-25)17-18-36(21)31(39)23-11-16-26-28(19-23)33-27(9-5-6-10-29(37)38)30(34-26)22-7-3-2-4-8-22/h5-7,10-11,14-19,22,24H,8-9,12-13,20-21,23H2,1-4H3;2-4,7-8,11-16,19,21H,5-6,9-10,17-18,20H2,1H3,(H,37,38)/t24-;21-/m11/s1. The summed E-state index contributed by atoms with van der Waals surface area (Å²) in [6.07, 6.45) is 4.40. The van der Waals surface area contributed by atoms with Gasteiger partial charge in [-0.15, -0.1) is 0 Å². The average Bonchev–Trinajstić information content (AvgIpc) is 3.67. The van der Waals surface area contributed by atoms with Gasteiger partial charge in [0.15, 0.2) is 0 Å². The van der Waals surface area contributed by atoms with E-state index in [9.17, 15) is 28.0 Å². The molecule has 0 bridgehead atoms. The number of unbranched alkanes of at least 4 members (excludes halogenated alkanes) is 2. The van der Waals surface area contributed by atoms with Crippen molar-refractivity contribution in [1.82, 2.24) is 29.7 Å². The van der Waals surface area contributed by atoms with Crippen molar-refractivity contribution in [3.63, 3.8) is 0 Å². The lowest BCUT2D eigenvalue weighted by Crippen LogP contribution is -2.54. The number of fused-ring (bicyclic) bond motifs is 2. The largest absolute Gasteiger partial charge is 0.481 e. The molecular weight excluding hydrogens is 1040 g/mol. The van der Waals surface area contributed by atoms with Gasteiger partial charge in [0.25, 0.3) is 11.8 Å². The van der Waals surface area contributed by atoms with Crippen molar-refractivity contribution >= 4 is 57.2 Å². The predicted molar refractivity (Wildman–Crippen MR) is 317 cm³/mol. The molecule has 8 aromatic rings. The van der Waals surface area contributed by atoms with Crippen LogP contribution in [0.2, 0.25) is 0 Å². The van der Waals surface area contributed by atoms with Crippen molar-refractivity contribution in [2.24, 2.45) is 0 Å². The third kappa shape index (κ3) is 14.8. The number of amides is 2. The first-order valence-electron chi connectivity index (χ1n) is 28.2. The minimum absolute atomic E-state index is 0.0194. The number of carbonyl (C=O) groups is 4. The highest BCUT2D eigenvalue weighted by Crippen LogP contribution is 2.30. The van der Waals surface area contributed by atoms with Crippen molar-refractivity contribution in [2.45, 2.75) is 104 Å². The molecule has 2 atom stereocenters. The Morgan fingerprint density at radius 1 is 0.524 bits per heavy atom. The second-order valence-corrected chi connectivity index (χ2v) is 22.1. The molecule has 0 aliphatic carbocycles. The Morgan fingerprint density at radius 2 is 0.939 bits per heavy atom.